The molecule has 3 N–H and O–H groups in total. The van der Waals surface area contributed by atoms with Gasteiger partial charge in [0.05, 0.1) is 0 Å². The highest BCUT2D eigenvalue weighted by Gasteiger charge is 2.05. The molecule has 2 aromatic rings. The number of carbonyl (C=O) groups excluding carboxylic acids is 1. The van der Waals surface area contributed by atoms with Gasteiger partial charge in [-0.1, -0.05) is 12.1 Å². The molecular formula is C16H19N3O. The molecule has 0 aliphatic heterocycles. The summed E-state index contributed by atoms with van der Waals surface area (Å²) in [6.45, 7) is 0.505. The largest absolute Gasteiger partial charge is 0.399 e. The molecule has 0 aromatic heterocycles. The molecule has 0 radical (unpaired) electrons. The van der Waals surface area contributed by atoms with Crippen LogP contribution in [0.3, 0.4) is 0 Å². The minimum absolute atomic E-state index is 0.0970. The lowest BCUT2D eigenvalue weighted by atomic mass is 10.1. The number of benzene rings is 2. The average Bonchev–Trinajstić information content (AvgIpc) is 2.46. The monoisotopic (exact) mass is 269 g/mol. The number of nitrogen functional groups attached to an aromatic ring is 1. The summed E-state index contributed by atoms with van der Waals surface area (Å²) in [7, 11) is 3.98. The molecule has 0 fully saturated rings. The van der Waals surface area contributed by atoms with E-state index in [9.17, 15) is 4.79 Å². The fourth-order valence-electron chi connectivity index (χ4n) is 1.86. The minimum Gasteiger partial charge on any atom is -0.399 e. The van der Waals surface area contributed by atoms with Gasteiger partial charge in [0.1, 0.15) is 0 Å². The Hall–Kier alpha value is -2.49. The van der Waals surface area contributed by atoms with Crippen molar-refractivity contribution < 1.29 is 4.79 Å². The maximum Gasteiger partial charge on any atom is 0.251 e. The second-order valence-corrected chi connectivity index (χ2v) is 4.87. The Morgan fingerprint density at radius 3 is 2.50 bits per heavy atom. The van der Waals surface area contributed by atoms with Gasteiger partial charge in [-0.3, -0.25) is 4.79 Å². The van der Waals surface area contributed by atoms with Crippen LogP contribution in [0.2, 0.25) is 0 Å². The van der Waals surface area contributed by atoms with Crippen LogP contribution in [0.25, 0.3) is 0 Å². The molecule has 0 unspecified atom stereocenters. The molecule has 104 valence electrons. The maximum atomic E-state index is 12.0. The number of hydrogen-bond acceptors (Lipinski definition) is 3. The summed E-state index contributed by atoms with van der Waals surface area (Å²) in [5.41, 5.74) is 9.05. The third kappa shape index (κ3) is 3.51. The van der Waals surface area contributed by atoms with Gasteiger partial charge in [-0.2, -0.15) is 0 Å². The molecule has 20 heavy (non-hydrogen) atoms. The first-order valence-corrected chi connectivity index (χ1v) is 6.46. The van der Waals surface area contributed by atoms with Crippen LogP contribution in [0, 0.1) is 0 Å². The standard InChI is InChI=1S/C16H19N3O/c1-19(2)15-5-3-4-12(10-15)11-18-16(20)13-6-8-14(17)9-7-13/h3-10H,11,17H2,1-2H3,(H,18,20). The zero-order valence-electron chi connectivity index (χ0n) is 11.8. The van der Waals surface area contributed by atoms with Gasteiger partial charge in [0.2, 0.25) is 0 Å². The fourth-order valence-corrected chi connectivity index (χ4v) is 1.86. The summed E-state index contributed by atoms with van der Waals surface area (Å²) >= 11 is 0. The van der Waals surface area contributed by atoms with Crippen molar-refractivity contribution in [3.05, 3.63) is 59.7 Å². The van der Waals surface area contributed by atoms with Gasteiger partial charge >= 0.3 is 0 Å². The first-order valence-electron chi connectivity index (χ1n) is 6.46. The van der Waals surface area contributed by atoms with Gasteiger partial charge < -0.3 is 16.0 Å². The van der Waals surface area contributed by atoms with Crippen molar-refractivity contribution in [2.75, 3.05) is 24.7 Å². The number of hydrogen-bond donors (Lipinski definition) is 2. The van der Waals surface area contributed by atoms with Gasteiger partial charge in [-0.15, -0.1) is 0 Å². The van der Waals surface area contributed by atoms with E-state index in [1.54, 1.807) is 24.3 Å². The van der Waals surface area contributed by atoms with E-state index in [0.717, 1.165) is 11.3 Å². The van der Waals surface area contributed by atoms with Crippen molar-refractivity contribution in [3.8, 4) is 0 Å². The van der Waals surface area contributed by atoms with E-state index in [4.69, 9.17) is 5.73 Å². The van der Waals surface area contributed by atoms with Crippen LogP contribution in [-0.4, -0.2) is 20.0 Å². The van der Waals surface area contributed by atoms with E-state index in [-0.39, 0.29) is 5.91 Å². The van der Waals surface area contributed by atoms with Crippen molar-refractivity contribution >= 4 is 17.3 Å². The highest BCUT2D eigenvalue weighted by atomic mass is 16.1. The Bertz CT molecular complexity index is 591. The second-order valence-electron chi connectivity index (χ2n) is 4.87. The van der Waals surface area contributed by atoms with Crippen molar-refractivity contribution in [1.29, 1.82) is 0 Å². The number of nitrogens with two attached hydrogens (primary N) is 1. The molecule has 0 heterocycles. The zero-order chi connectivity index (χ0) is 14.5. The Kier molecular flexibility index (Phi) is 4.25. The third-order valence-electron chi connectivity index (χ3n) is 3.05. The summed E-state index contributed by atoms with van der Waals surface area (Å²) < 4.78 is 0. The van der Waals surface area contributed by atoms with E-state index < -0.39 is 0 Å². The highest BCUT2D eigenvalue weighted by Crippen LogP contribution is 2.13. The number of nitrogens with one attached hydrogen (secondary N) is 1. The number of amides is 1. The summed E-state index contributed by atoms with van der Waals surface area (Å²) in [5.74, 6) is -0.0970. The lowest BCUT2D eigenvalue weighted by molar-refractivity contribution is 0.0951. The molecule has 2 rings (SSSR count). The Balaban J connectivity index is 1.99. The molecule has 0 bridgehead atoms. The van der Waals surface area contributed by atoms with Gasteiger partial charge in [0, 0.05) is 37.6 Å². The van der Waals surface area contributed by atoms with Crippen molar-refractivity contribution in [1.82, 2.24) is 5.32 Å². The molecule has 0 spiro atoms. The van der Waals surface area contributed by atoms with Gasteiger partial charge in [0.15, 0.2) is 0 Å². The topological polar surface area (TPSA) is 58.4 Å². The number of anilines is 2. The summed E-state index contributed by atoms with van der Waals surface area (Å²) in [6.07, 6.45) is 0. The number of nitrogens with zero attached hydrogens (tertiary/aromatic N) is 1. The summed E-state index contributed by atoms with van der Waals surface area (Å²) in [4.78, 5) is 14.0. The minimum atomic E-state index is -0.0970. The number of rotatable bonds is 4. The lowest BCUT2D eigenvalue weighted by Gasteiger charge is -2.14. The quantitative estimate of drug-likeness (QED) is 0.837. The van der Waals surface area contributed by atoms with Crippen molar-refractivity contribution in [3.63, 3.8) is 0 Å². The van der Waals surface area contributed by atoms with Gasteiger partial charge in [0.25, 0.3) is 5.91 Å². The molecule has 0 saturated carbocycles. The Morgan fingerprint density at radius 1 is 1.15 bits per heavy atom. The Morgan fingerprint density at radius 2 is 1.85 bits per heavy atom. The number of carbonyl (C=O) groups is 1. The van der Waals surface area contributed by atoms with Crippen LogP contribution in [0.1, 0.15) is 15.9 Å². The van der Waals surface area contributed by atoms with Crippen LogP contribution < -0.4 is 16.0 Å². The summed E-state index contributed by atoms with van der Waals surface area (Å²) in [6, 6.07) is 15.0. The van der Waals surface area contributed by atoms with Crippen molar-refractivity contribution in [2.45, 2.75) is 6.54 Å². The Labute approximate surface area is 119 Å². The van der Waals surface area contributed by atoms with E-state index in [2.05, 4.69) is 11.4 Å². The third-order valence-corrected chi connectivity index (χ3v) is 3.05. The zero-order valence-corrected chi connectivity index (χ0v) is 11.8. The smallest absolute Gasteiger partial charge is 0.251 e. The SMILES string of the molecule is CN(C)c1cccc(CNC(=O)c2ccc(N)cc2)c1. The molecule has 2 aromatic carbocycles. The van der Waals surface area contributed by atoms with Crippen LogP contribution in [0.5, 0.6) is 0 Å². The first-order chi connectivity index (χ1) is 9.56. The molecular weight excluding hydrogens is 250 g/mol. The van der Waals surface area contributed by atoms with Crippen LogP contribution in [-0.2, 0) is 6.54 Å². The maximum absolute atomic E-state index is 12.0. The van der Waals surface area contributed by atoms with Crippen molar-refractivity contribution in [2.24, 2.45) is 0 Å². The molecule has 0 saturated heterocycles. The molecule has 4 heteroatoms. The highest BCUT2D eigenvalue weighted by molar-refractivity contribution is 5.94. The van der Waals surface area contributed by atoms with E-state index >= 15 is 0 Å². The van der Waals surface area contributed by atoms with Gasteiger partial charge in [-0.05, 0) is 42.0 Å². The van der Waals surface area contributed by atoms with E-state index in [1.165, 1.54) is 0 Å². The molecule has 1 amide bonds. The van der Waals surface area contributed by atoms with Crippen LogP contribution in [0.4, 0.5) is 11.4 Å². The average molecular weight is 269 g/mol. The molecule has 0 atom stereocenters. The van der Waals surface area contributed by atoms with Gasteiger partial charge in [-0.25, -0.2) is 0 Å². The summed E-state index contributed by atoms with van der Waals surface area (Å²) in [5, 5.41) is 2.90. The van der Waals surface area contributed by atoms with Crippen LogP contribution in [0.15, 0.2) is 48.5 Å². The second kappa shape index (κ2) is 6.10. The lowest BCUT2D eigenvalue weighted by Crippen LogP contribution is -2.22. The molecule has 0 aliphatic carbocycles. The first kappa shape index (κ1) is 13.9. The normalized spacial score (nSPS) is 10.1. The molecule has 4 nitrogen and oxygen atoms in total. The van der Waals surface area contributed by atoms with Crippen LogP contribution >= 0.6 is 0 Å². The van der Waals surface area contributed by atoms with E-state index in [1.807, 2.05) is 37.2 Å². The predicted octanol–water partition coefficient (Wildman–Crippen LogP) is 2.26. The van der Waals surface area contributed by atoms with E-state index in [0.29, 0.717) is 17.8 Å². The molecule has 0 aliphatic rings. The fraction of sp³-hybridized carbons (Fsp3) is 0.188. The predicted molar refractivity (Wildman–Crippen MR) is 82.8 cm³/mol.